The van der Waals surface area contributed by atoms with Gasteiger partial charge in [-0.1, -0.05) is 24.9 Å². The Balaban J connectivity index is 2.40. The van der Waals surface area contributed by atoms with Gasteiger partial charge in [0.25, 0.3) is 0 Å². The average Bonchev–Trinajstić information content (AvgIpc) is 2.43. The van der Waals surface area contributed by atoms with Gasteiger partial charge in [0, 0.05) is 11.6 Å². The van der Waals surface area contributed by atoms with Crippen LogP contribution >= 0.6 is 11.6 Å². The molecule has 5 heteroatoms. The van der Waals surface area contributed by atoms with Crippen molar-refractivity contribution in [2.45, 2.75) is 19.8 Å². The molecule has 1 aliphatic heterocycles. The molecule has 0 saturated carbocycles. The summed E-state index contributed by atoms with van der Waals surface area (Å²) >= 11 is 6.09. The number of benzene rings is 1. The molecular formula is C14H18ClNO3. The number of anilines is 1. The second-order valence-corrected chi connectivity index (χ2v) is 4.92. The molecule has 0 N–H and O–H groups in total. The number of carbonyl (C=O) groups excluding carboxylic acids is 1. The van der Waals surface area contributed by atoms with Crippen LogP contribution in [0.1, 0.15) is 30.1 Å². The molecule has 0 unspecified atom stereocenters. The lowest BCUT2D eigenvalue weighted by atomic mass is 10.1. The molecule has 1 heterocycles. The molecule has 1 aromatic carbocycles. The second kappa shape index (κ2) is 6.15. The van der Waals surface area contributed by atoms with Crippen molar-refractivity contribution in [1.82, 2.24) is 0 Å². The molecule has 0 atom stereocenters. The van der Waals surface area contributed by atoms with Crippen molar-refractivity contribution in [3.63, 3.8) is 0 Å². The first-order valence-electron chi connectivity index (χ1n) is 6.47. The summed E-state index contributed by atoms with van der Waals surface area (Å²) in [6.07, 6.45) is 2.22. The van der Waals surface area contributed by atoms with E-state index in [0.29, 0.717) is 22.9 Å². The normalized spacial score (nSPS) is 13.7. The third kappa shape index (κ3) is 2.95. The first kappa shape index (κ1) is 14.0. The van der Waals surface area contributed by atoms with Crippen molar-refractivity contribution in [3.05, 3.63) is 22.7 Å². The van der Waals surface area contributed by atoms with Crippen molar-refractivity contribution in [3.8, 4) is 5.75 Å². The van der Waals surface area contributed by atoms with Crippen LogP contribution in [0.2, 0.25) is 5.02 Å². The molecule has 0 amide bonds. The zero-order valence-electron chi connectivity index (χ0n) is 11.2. The molecule has 0 fully saturated rings. The number of halogens is 1. The van der Waals surface area contributed by atoms with Crippen LogP contribution in [-0.2, 0) is 4.74 Å². The second-order valence-electron chi connectivity index (χ2n) is 4.48. The Kier molecular flexibility index (Phi) is 4.53. The summed E-state index contributed by atoms with van der Waals surface area (Å²) in [6.45, 7) is 4.48. The van der Waals surface area contributed by atoms with Gasteiger partial charge in [-0.05, 0) is 18.6 Å². The first-order chi connectivity index (χ1) is 9.17. The highest BCUT2D eigenvalue weighted by molar-refractivity contribution is 6.31. The van der Waals surface area contributed by atoms with E-state index in [0.717, 1.165) is 31.6 Å². The van der Waals surface area contributed by atoms with Crippen LogP contribution in [0.3, 0.4) is 0 Å². The Bertz CT molecular complexity index is 476. The maximum absolute atomic E-state index is 11.8. The van der Waals surface area contributed by atoms with Gasteiger partial charge in [0.2, 0.25) is 0 Å². The molecule has 0 bridgehead atoms. The third-order valence-electron chi connectivity index (χ3n) is 3.17. The van der Waals surface area contributed by atoms with Crippen LogP contribution in [0.4, 0.5) is 5.69 Å². The van der Waals surface area contributed by atoms with Crippen molar-refractivity contribution >= 4 is 23.3 Å². The van der Waals surface area contributed by atoms with E-state index in [1.54, 1.807) is 6.07 Å². The molecule has 0 aromatic heterocycles. The SMILES string of the molecule is CCCCN1CCOc2c(C(=O)OC)cc(Cl)cc21. The van der Waals surface area contributed by atoms with E-state index >= 15 is 0 Å². The van der Waals surface area contributed by atoms with Crippen molar-refractivity contribution in [2.75, 3.05) is 31.7 Å². The lowest BCUT2D eigenvalue weighted by Gasteiger charge is -2.32. The first-order valence-corrected chi connectivity index (χ1v) is 6.84. The number of hydrogen-bond donors (Lipinski definition) is 0. The standard InChI is InChI=1S/C14H18ClNO3/c1-3-4-5-16-6-7-19-13-11(14(17)18-2)8-10(15)9-12(13)16/h8-9H,3-7H2,1-2H3. The van der Waals surface area contributed by atoms with Gasteiger partial charge in [0.1, 0.15) is 12.2 Å². The number of rotatable bonds is 4. The maximum atomic E-state index is 11.8. The smallest absolute Gasteiger partial charge is 0.341 e. The molecule has 0 aliphatic carbocycles. The number of hydrogen-bond acceptors (Lipinski definition) is 4. The summed E-state index contributed by atoms with van der Waals surface area (Å²) in [4.78, 5) is 14.0. The van der Waals surface area contributed by atoms with Crippen LogP contribution in [0, 0.1) is 0 Å². The number of esters is 1. The molecule has 0 saturated heterocycles. The number of carbonyl (C=O) groups is 1. The fourth-order valence-electron chi connectivity index (χ4n) is 2.19. The number of ether oxygens (including phenoxy) is 2. The van der Waals surface area contributed by atoms with Gasteiger partial charge in [-0.15, -0.1) is 0 Å². The quantitative estimate of drug-likeness (QED) is 0.796. The Morgan fingerprint density at radius 2 is 2.32 bits per heavy atom. The molecule has 1 aliphatic rings. The van der Waals surface area contributed by atoms with Gasteiger partial charge >= 0.3 is 5.97 Å². The number of methoxy groups -OCH3 is 1. The number of unbranched alkanes of at least 4 members (excludes halogenated alkanes) is 1. The molecule has 19 heavy (non-hydrogen) atoms. The van der Waals surface area contributed by atoms with Gasteiger partial charge in [-0.3, -0.25) is 0 Å². The molecule has 0 radical (unpaired) electrons. The van der Waals surface area contributed by atoms with E-state index in [1.807, 2.05) is 6.07 Å². The Morgan fingerprint density at radius 3 is 3.00 bits per heavy atom. The predicted molar refractivity (Wildman–Crippen MR) is 75.4 cm³/mol. The van der Waals surface area contributed by atoms with Crippen LogP contribution < -0.4 is 9.64 Å². The van der Waals surface area contributed by atoms with Crippen LogP contribution in [0.15, 0.2) is 12.1 Å². The molecule has 1 aromatic rings. The van der Waals surface area contributed by atoms with Gasteiger partial charge < -0.3 is 14.4 Å². The highest BCUT2D eigenvalue weighted by Crippen LogP contribution is 2.38. The van der Waals surface area contributed by atoms with E-state index in [2.05, 4.69) is 11.8 Å². The van der Waals surface area contributed by atoms with E-state index in [-0.39, 0.29) is 0 Å². The zero-order valence-corrected chi connectivity index (χ0v) is 12.0. The lowest BCUT2D eigenvalue weighted by Crippen LogP contribution is -2.34. The highest BCUT2D eigenvalue weighted by Gasteiger charge is 2.25. The number of fused-ring (bicyclic) bond motifs is 1. The molecule has 104 valence electrons. The summed E-state index contributed by atoms with van der Waals surface area (Å²) in [5, 5.41) is 0.520. The largest absolute Gasteiger partial charge is 0.489 e. The molecule has 2 rings (SSSR count). The average molecular weight is 284 g/mol. The van der Waals surface area contributed by atoms with Crippen molar-refractivity contribution in [1.29, 1.82) is 0 Å². The lowest BCUT2D eigenvalue weighted by molar-refractivity contribution is 0.0595. The van der Waals surface area contributed by atoms with Crippen molar-refractivity contribution in [2.24, 2.45) is 0 Å². The van der Waals surface area contributed by atoms with E-state index in [4.69, 9.17) is 21.1 Å². The summed E-state index contributed by atoms with van der Waals surface area (Å²) in [7, 11) is 1.35. The highest BCUT2D eigenvalue weighted by atomic mass is 35.5. The Morgan fingerprint density at radius 1 is 1.53 bits per heavy atom. The van der Waals surface area contributed by atoms with Crippen molar-refractivity contribution < 1.29 is 14.3 Å². The van der Waals surface area contributed by atoms with E-state index in [9.17, 15) is 4.79 Å². The fourth-order valence-corrected chi connectivity index (χ4v) is 2.40. The van der Waals surface area contributed by atoms with Gasteiger partial charge in [-0.2, -0.15) is 0 Å². The van der Waals surface area contributed by atoms with E-state index < -0.39 is 5.97 Å². The minimum Gasteiger partial charge on any atom is -0.489 e. The molecule has 0 spiro atoms. The van der Waals surface area contributed by atoms with Gasteiger partial charge in [0.15, 0.2) is 5.75 Å². The van der Waals surface area contributed by atoms with Crippen LogP contribution in [-0.4, -0.2) is 32.8 Å². The summed E-state index contributed by atoms with van der Waals surface area (Å²) in [5.41, 5.74) is 1.28. The zero-order chi connectivity index (χ0) is 13.8. The third-order valence-corrected chi connectivity index (χ3v) is 3.39. The van der Waals surface area contributed by atoms with Gasteiger partial charge in [0.05, 0.1) is 19.3 Å². The fraction of sp³-hybridized carbons (Fsp3) is 0.500. The van der Waals surface area contributed by atoms with Gasteiger partial charge in [-0.25, -0.2) is 4.79 Å². The Hall–Kier alpha value is -1.42. The predicted octanol–water partition coefficient (Wildman–Crippen LogP) is 3.13. The minimum atomic E-state index is -0.420. The topological polar surface area (TPSA) is 38.8 Å². The maximum Gasteiger partial charge on any atom is 0.341 e. The van der Waals surface area contributed by atoms with Crippen LogP contribution in [0.25, 0.3) is 0 Å². The Labute approximate surface area is 118 Å². The molecule has 4 nitrogen and oxygen atoms in total. The molecular weight excluding hydrogens is 266 g/mol. The summed E-state index contributed by atoms with van der Waals surface area (Å²) < 4.78 is 10.4. The summed E-state index contributed by atoms with van der Waals surface area (Å²) in [6, 6.07) is 3.44. The summed E-state index contributed by atoms with van der Waals surface area (Å²) in [5.74, 6) is 0.162. The monoisotopic (exact) mass is 283 g/mol. The van der Waals surface area contributed by atoms with E-state index in [1.165, 1.54) is 7.11 Å². The number of nitrogens with zero attached hydrogens (tertiary/aromatic N) is 1. The minimum absolute atomic E-state index is 0.395. The van der Waals surface area contributed by atoms with Crippen LogP contribution in [0.5, 0.6) is 5.75 Å².